The van der Waals surface area contributed by atoms with Crippen molar-refractivity contribution in [3.05, 3.63) is 30.3 Å². The van der Waals surface area contributed by atoms with Crippen molar-refractivity contribution in [3.8, 4) is 12.3 Å². The highest BCUT2D eigenvalue weighted by Gasteiger charge is 2.21. The minimum absolute atomic E-state index is 0.0977. The van der Waals surface area contributed by atoms with E-state index in [0.717, 1.165) is 5.69 Å². The summed E-state index contributed by atoms with van der Waals surface area (Å²) in [5, 5.41) is 5.90. The van der Waals surface area contributed by atoms with E-state index in [2.05, 4.69) is 16.6 Å². The molecule has 0 radical (unpaired) electrons. The molecule has 90 valence electrons. The van der Waals surface area contributed by atoms with E-state index >= 15 is 0 Å². The zero-order valence-electron chi connectivity index (χ0n) is 10.4. The summed E-state index contributed by atoms with van der Waals surface area (Å²) in [7, 11) is 0. The quantitative estimate of drug-likeness (QED) is 0.777. The fraction of sp³-hybridized carbons (Fsp3) is 0.357. The SMILES string of the molecule is C#CC(C)(C)NC(C)C(=O)Nc1ccccc1. The smallest absolute Gasteiger partial charge is 0.241 e. The lowest BCUT2D eigenvalue weighted by Crippen LogP contribution is -2.48. The van der Waals surface area contributed by atoms with Gasteiger partial charge in [0.2, 0.25) is 5.91 Å². The van der Waals surface area contributed by atoms with Crippen LogP contribution in [0.25, 0.3) is 0 Å². The molecule has 0 saturated heterocycles. The van der Waals surface area contributed by atoms with E-state index in [4.69, 9.17) is 6.42 Å². The average Bonchev–Trinajstić information content (AvgIpc) is 2.30. The van der Waals surface area contributed by atoms with Crippen molar-refractivity contribution in [2.24, 2.45) is 0 Å². The summed E-state index contributed by atoms with van der Waals surface area (Å²) in [6.45, 7) is 5.51. The fourth-order valence-electron chi connectivity index (χ4n) is 1.42. The Morgan fingerprint density at radius 2 is 1.94 bits per heavy atom. The van der Waals surface area contributed by atoms with Gasteiger partial charge in [0, 0.05) is 5.69 Å². The van der Waals surface area contributed by atoms with Crippen LogP contribution in [0.1, 0.15) is 20.8 Å². The highest BCUT2D eigenvalue weighted by Crippen LogP contribution is 2.07. The second-order valence-electron chi connectivity index (χ2n) is 4.49. The van der Waals surface area contributed by atoms with E-state index < -0.39 is 5.54 Å². The summed E-state index contributed by atoms with van der Waals surface area (Å²) in [6.07, 6.45) is 5.36. The number of rotatable bonds is 4. The van der Waals surface area contributed by atoms with E-state index in [1.807, 2.05) is 44.2 Å². The van der Waals surface area contributed by atoms with Gasteiger partial charge in [0.1, 0.15) is 0 Å². The lowest BCUT2D eigenvalue weighted by molar-refractivity contribution is -0.118. The molecule has 0 aliphatic heterocycles. The standard InChI is InChI=1S/C14H18N2O/c1-5-14(3,4)16-11(2)13(17)15-12-9-7-6-8-10-12/h1,6-11,16H,2-4H3,(H,15,17). The molecular weight excluding hydrogens is 212 g/mol. The summed E-state index contributed by atoms with van der Waals surface area (Å²) in [5.41, 5.74) is 0.289. The van der Waals surface area contributed by atoms with Gasteiger partial charge in [-0.1, -0.05) is 24.1 Å². The number of anilines is 1. The second kappa shape index (κ2) is 5.51. The molecule has 0 saturated carbocycles. The number of para-hydroxylation sites is 1. The maximum atomic E-state index is 11.9. The van der Waals surface area contributed by atoms with Gasteiger partial charge >= 0.3 is 0 Å². The summed E-state index contributed by atoms with van der Waals surface area (Å²) in [6, 6.07) is 8.99. The molecular formula is C14H18N2O. The van der Waals surface area contributed by atoms with Crippen molar-refractivity contribution >= 4 is 11.6 Å². The zero-order valence-corrected chi connectivity index (χ0v) is 10.4. The maximum absolute atomic E-state index is 11.9. The molecule has 0 fully saturated rings. The number of nitrogens with one attached hydrogen (secondary N) is 2. The highest BCUT2D eigenvalue weighted by molar-refractivity contribution is 5.94. The Morgan fingerprint density at radius 3 is 2.47 bits per heavy atom. The Labute approximate surface area is 103 Å². The van der Waals surface area contributed by atoms with Crippen molar-refractivity contribution in [1.82, 2.24) is 5.32 Å². The summed E-state index contributed by atoms with van der Waals surface area (Å²) in [4.78, 5) is 11.9. The van der Waals surface area contributed by atoms with Gasteiger partial charge in [-0.2, -0.15) is 0 Å². The summed E-state index contributed by atoms with van der Waals surface area (Å²) < 4.78 is 0. The monoisotopic (exact) mass is 230 g/mol. The zero-order chi connectivity index (χ0) is 12.9. The number of benzene rings is 1. The molecule has 3 heteroatoms. The second-order valence-corrected chi connectivity index (χ2v) is 4.49. The molecule has 0 spiro atoms. The molecule has 2 N–H and O–H groups in total. The van der Waals surface area contributed by atoms with Crippen LogP contribution in [0.5, 0.6) is 0 Å². The fourth-order valence-corrected chi connectivity index (χ4v) is 1.42. The van der Waals surface area contributed by atoms with Gasteiger partial charge in [-0.3, -0.25) is 10.1 Å². The average molecular weight is 230 g/mol. The number of hydrogen-bond donors (Lipinski definition) is 2. The van der Waals surface area contributed by atoms with Gasteiger partial charge in [-0.15, -0.1) is 6.42 Å². The lowest BCUT2D eigenvalue weighted by Gasteiger charge is -2.24. The maximum Gasteiger partial charge on any atom is 0.241 e. The number of amides is 1. The van der Waals surface area contributed by atoms with Crippen molar-refractivity contribution in [2.75, 3.05) is 5.32 Å². The van der Waals surface area contributed by atoms with Crippen LogP contribution in [0.15, 0.2) is 30.3 Å². The van der Waals surface area contributed by atoms with E-state index in [-0.39, 0.29) is 11.9 Å². The first-order valence-corrected chi connectivity index (χ1v) is 5.56. The van der Waals surface area contributed by atoms with Gasteiger partial charge in [-0.05, 0) is 32.9 Å². The van der Waals surface area contributed by atoms with Crippen molar-refractivity contribution in [3.63, 3.8) is 0 Å². The Balaban J connectivity index is 2.57. The third-order valence-corrected chi connectivity index (χ3v) is 2.37. The largest absolute Gasteiger partial charge is 0.325 e. The molecule has 0 heterocycles. The number of terminal acetylenes is 1. The van der Waals surface area contributed by atoms with E-state index in [9.17, 15) is 4.79 Å². The van der Waals surface area contributed by atoms with Crippen molar-refractivity contribution < 1.29 is 4.79 Å². The van der Waals surface area contributed by atoms with Crippen molar-refractivity contribution in [2.45, 2.75) is 32.4 Å². The van der Waals surface area contributed by atoms with Crippen LogP contribution in [0.4, 0.5) is 5.69 Å². The Bertz CT molecular complexity index is 418. The molecule has 0 aliphatic carbocycles. The van der Waals surface area contributed by atoms with E-state index in [0.29, 0.717) is 0 Å². The molecule has 0 aromatic heterocycles. The molecule has 1 aromatic carbocycles. The minimum atomic E-state index is -0.493. The molecule has 1 amide bonds. The Hall–Kier alpha value is -1.79. The van der Waals surface area contributed by atoms with Crippen LogP contribution in [0.3, 0.4) is 0 Å². The van der Waals surface area contributed by atoms with Gasteiger partial charge < -0.3 is 5.32 Å². The Morgan fingerprint density at radius 1 is 1.35 bits per heavy atom. The lowest BCUT2D eigenvalue weighted by atomic mass is 10.1. The van der Waals surface area contributed by atoms with Crippen LogP contribution >= 0.6 is 0 Å². The van der Waals surface area contributed by atoms with Crippen LogP contribution in [-0.2, 0) is 4.79 Å². The predicted molar refractivity (Wildman–Crippen MR) is 70.6 cm³/mol. The van der Waals surface area contributed by atoms with Crippen LogP contribution in [0.2, 0.25) is 0 Å². The first-order chi connectivity index (χ1) is 7.94. The van der Waals surface area contributed by atoms with Crippen LogP contribution in [-0.4, -0.2) is 17.5 Å². The molecule has 0 bridgehead atoms. The number of carbonyl (C=O) groups is 1. The Kier molecular flexibility index (Phi) is 4.30. The van der Waals surface area contributed by atoms with E-state index in [1.165, 1.54) is 0 Å². The first-order valence-electron chi connectivity index (χ1n) is 5.56. The van der Waals surface area contributed by atoms with Gasteiger partial charge in [0.25, 0.3) is 0 Å². The molecule has 3 nitrogen and oxygen atoms in total. The minimum Gasteiger partial charge on any atom is -0.325 e. The predicted octanol–water partition coefficient (Wildman–Crippen LogP) is 2.01. The molecule has 17 heavy (non-hydrogen) atoms. The third kappa shape index (κ3) is 4.29. The highest BCUT2D eigenvalue weighted by atomic mass is 16.2. The molecule has 1 rings (SSSR count). The number of carbonyl (C=O) groups excluding carboxylic acids is 1. The van der Waals surface area contributed by atoms with Gasteiger partial charge in [-0.25, -0.2) is 0 Å². The normalized spacial score (nSPS) is 12.6. The first kappa shape index (κ1) is 13.3. The van der Waals surface area contributed by atoms with Crippen LogP contribution < -0.4 is 10.6 Å². The summed E-state index contributed by atoms with van der Waals surface area (Å²) >= 11 is 0. The topological polar surface area (TPSA) is 41.1 Å². The van der Waals surface area contributed by atoms with Crippen LogP contribution in [0, 0.1) is 12.3 Å². The summed E-state index contributed by atoms with van der Waals surface area (Å²) in [5.74, 6) is 2.50. The van der Waals surface area contributed by atoms with Gasteiger partial charge in [0.15, 0.2) is 0 Å². The van der Waals surface area contributed by atoms with E-state index in [1.54, 1.807) is 6.92 Å². The van der Waals surface area contributed by atoms with Gasteiger partial charge in [0.05, 0.1) is 11.6 Å². The molecule has 1 aromatic rings. The van der Waals surface area contributed by atoms with Crippen molar-refractivity contribution in [1.29, 1.82) is 0 Å². The molecule has 0 aliphatic rings. The molecule has 1 atom stereocenters. The third-order valence-electron chi connectivity index (χ3n) is 2.37. The number of hydrogen-bond acceptors (Lipinski definition) is 2. The molecule has 1 unspecified atom stereocenters.